The van der Waals surface area contributed by atoms with E-state index in [1.807, 2.05) is 18.2 Å². The van der Waals surface area contributed by atoms with Crippen LogP contribution in [-0.2, 0) is 4.79 Å². The number of halogens is 1. The molecule has 3 rings (SSSR count). The molecule has 0 unspecified atom stereocenters. The molecule has 0 spiro atoms. The Labute approximate surface area is 136 Å². The van der Waals surface area contributed by atoms with Crippen LogP contribution in [0.2, 0.25) is 0 Å². The van der Waals surface area contributed by atoms with Crippen LogP contribution in [0, 0.1) is 0 Å². The second-order valence-corrected chi connectivity index (χ2v) is 6.21. The third-order valence-electron chi connectivity index (χ3n) is 3.81. The van der Waals surface area contributed by atoms with Crippen molar-refractivity contribution in [3.05, 3.63) is 40.5 Å². The predicted molar refractivity (Wildman–Crippen MR) is 87.6 cm³/mol. The molecule has 0 bridgehead atoms. The second kappa shape index (κ2) is 6.44. The highest BCUT2D eigenvalue weighted by Crippen LogP contribution is 2.21. The van der Waals surface area contributed by atoms with Gasteiger partial charge < -0.3 is 10.2 Å². The Morgan fingerprint density at radius 2 is 2.00 bits per heavy atom. The van der Waals surface area contributed by atoms with Gasteiger partial charge in [0.1, 0.15) is 0 Å². The molecule has 1 N–H and O–H groups in total. The molecule has 2 aromatic rings. The maximum absolute atomic E-state index is 12.3. The fraction of sp³-hybridized carbons (Fsp3) is 0.312. The number of nitrogens with one attached hydrogen (secondary N) is 1. The zero-order valence-electron chi connectivity index (χ0n) is 12.0. The number of amides is 2. The Bertz CT molecular complexity index is 726. The number of fused-ring (bicyclic) bond motifs is 1. The Balaban J connectivity index is 1.73. The summed E-state index contributed by atoms with van der Waals surface area (Å²) in [5, 5.41) is 3.49. The van der Waals surface area contributed by atoms with Crippen LogP contribution in [0.1, 0.15) is 23.2 Å². The van der Waals surface area contributed by atoms with Gasteiger partial charge in [-0.2, -0.15) is 0 Å². The number of benzene rings is 1. The van der Waals surface area contributed by atoms with Crippen LogP contribution in [0.5, 0.6) is 0 Å². The lowest BCUT2D eigenvalue weighted by Gasteiger charge is -2.15. The normalized spacial score (nSPS) is 14.3. The van der Waals surface area contributed by atoms with Crippen LogP contribution in [0.15, 0.2) is 34.9 Å². The fourth-order valence-electron chi connectivity index (χ4n) is 2.65. The Kier molecular flexibility index (Phi) is 4.38. The maximum Gasteiger partial charge on any atom is 0.252 e. The number of likely N-dealkylation sites (tertiary alicyclic amines) is 1. The van der Waals surface area contributed by atoms with Crippen LogP contribution < -0.4 is 5.32 Å². The van der Waals surface area contributed by atoms with Crippen molar-refractivity contribution in [3.8, 4) is 0 Å². The van der Waals surface area contributed by atoms with Crippen molar-refractivity contribution in [2.75, 3.05) is 19.6 Å². The number of hydrogen-bond donors (Lipinski definition) is 1. The van der Waals surface area contributed by atoms with Crippen LogP contribution >= 0.6 is 15.9 Å². The quantitative estimate of drug-likeness (QED) is 0.912. The summed E-state index contributed by atoms with van der Waals surface area (Å²) in [6.07, 6.45) is 3.69. The van der Waals surface area contributed by atoms with Gasteiger partial charge in [0.2, 0.25) is 5.91 Å². The minimum Gasteiger partial charge on any atom is -0.343 e. The van der Waals surface area contributed by atoms with Gasteiger partial charge in [-0.3, -0.25) is 14.6 Å². The molecule has 0 atom stereocenters. The number of rotatable bonds is 3. The Morgan fingerprint density at radius 1 is 1.23 bits per heavy atom. The molecule has 1 aliphatic rings. The van der Waals surface area contributed by atoms with Gasteiger partial charge in [-0.15, -0.1) is 0 Å². The largest absolute Gasteiger partial charge is 0.343 e. The monoisotopic (exact) mass is 361 g/mol. The van der Waals surface area contributed by atoms with E-state index in [0.29, 0.717) is 5.56 Å². The molecule has 114 valence electrons. The van der Waals surface area contributed by atoms with E-state index in [1.165, 1.54) is 0 Å². The van der Waals surface area contributed by atoms with Crippen molar-refractivity contribution in [3.63, 3.8) is 0 Å². The summed E-state index contributed by atoms with van der Waals surface area (Å²) in [6, 6.07) is 7.26. The van der Waals surface area contributed by atoms with Crippen LogP contribution in [0.3, 0.4) is 0 Å². The third-order valence-corrected chi connectivity index (χ3v) is 4.30. The first-order valence-corrected chi connectivity index (χ1v) is 8.05. The molecule has 1 aliphatic heterocycles. The first-order valence-electron chi connectivity index (χ1n) is 7.25. The van der Waals surface area contributed by atoms with Gasteiger partial charge in [-0.1, -0.05) is 22.0 Å². The molecule has 0 aliphatic carbocycles. The molecule has 6 heteroatoms. The summed E-state index contributed by atoms with van der Waals surface area (Å²) in [5.41, 5.74) is 1.28. The zero-order chi connectivity index (χ0) is 15.5. The summed E-state index contributed by atoms with van der Waals surface area (Å²) < 4.78 is 0.911. The highest BCUT2D eigenvalue weighted by atomic mass is 79.9. The van der Waals surface area contributed by atoms with Crippen LogP contribution in [-0.4, -0.2) is 41.3 Å². The van der Waals surface area contributed by atoms with Crippen LogP contribution in [0.25, 0.3) is 10.9 Å². The lowest BCUT2D eigenvalue weighted by Crippen LogP contribution is -2.38. The smallest absolute Gasteiger partial charge is 0.252 e. The molecule has 1 fully saturated rings. The van der Waals surface area contributed by atoms with Gasteiger partial charge in [0.05, 0.1) is 17.6 Å². The number of hydrogen-bond acceptors (Lipinski definition) is 3. The van der Waals surface area contributed by atoms with Crippen molar-refractivity contribution in [1.82, 2.24) is 15.2 Å². The molecule has 1 aromatic heterocycles. The highest BCUT2D eigenvalue weighted by Gasteiger charge is 2.19. The molecule has 1 saturated heterocycles. The number of nitrogens with zero attached hydrogens (tertiary/aromatic N) is 2. The van der Waals surface area contributed by atoms with Crippen molar-refractivity contribution >= 4 is 38.6 Å². The minimum absolute atomic E-state index is 0.0213. The maximum atomic E-state index is 12.3. The average molecular weight is 362 g/mol. The average Bonchev–Trinajstić information content (AvgIpc) is 3.05. The third kappa shape index (κ3) is 3.11. The number of carbonyl (C=O) groups excluding carboxylic acids is 2. The SMILES string of the molecule is O=C(NCC(=O)N1CCCC1)c1ccnc2cc(Br)ccc12. The van der Waals surface area contributed by atoms with E-state index in [2.05, 4.69) is 26.2 Å². The van der Waals surface area contributed by atoms with E-state index >= 15 is 0 Å². The molecule has 0 radical (unpaired) electrons. The Hall–Kier alpha value is -1.95. The lowest BCUT2D eigenvalue weighted by molar-refractivity contribution is -0.129. The standard InChI is InChI=1S/C16H16BrN3O2/c17-11-3-4-12-13(5-6-18-14(12)9-11)16(22)19-10-15(21)20-7-1-2-8-20/h3-6,9H,1-2,7-8,10H2,(H,19,22). The molecular weight excluding hydrogens is 346 g/mol. The molecule has 1 aromatic carbocycles. The molecule has 5 nitrogen and oxygen atoms in total. The first kappa shape index (κ1) is 15.0. The van der Waals surface area contributed by atoms with E-state index in [-0.39, 0.29) is 18.4 Å². The predicted octanol–water partition coefficient (Wildman–Crippen LogP) is 2.35. The zero-order valence-corrected chi connectivity index (χ0v) is 13.6. The summed E-state index contributed by atoms with van der Waals surface area (Å²) in [4.78, 5) is 30.4. The lowest BCUT2D eigenvalue weighted by atomic mass is 10.1. The molecular formula is C16H16BrN3O2. The fourth-order valence-corrected chi connectivity index (χ4v) is 3.00. The topological polar surface area (TPSA) is 62.3 Å². The van der Waals surface area contributed by atoms with E-state index < -0.39 is 0 Å². The molecule has 2 heterocycles. The summed E-state index contributed by atoms with van der Waals surface area (Å²) in [6.45, 7) is 1.63. The van der Waals surface area contributed by atoms with E-state index in [9.17, 15) is 9.59 Å². The van der Waals surface area contributed by atoms with Gasteiger partial charge in [0.25, 0.3) is 5.91 Å². The van der Waals surface area contributed by atoms with Gasteiger partial charge in [0, 0.05) is 29.1 Å². The van der Waals surface area contributed by atoms with E-state index in [1.54, 1.807) is 17.2 Å². The van der Waals surface area contributed by atoms with Gasteiger partial charge in [-0.05, 0) is 31.0 Å². The van der Waals surface area contributed by atoms with Gasteiger partial charge in [-0.25, -0.2) is 0 Å². The summed E-state index contributed by atoms with van der Waals surface area (Å²) in [7, 11) is 0. The van der Waals surface area contributed by atoms with Crippen molar-refractivity contribution in [1.29, 1.82) is 0 Å². The second-order valence-electron chi connectivity index (χ2n) is 5.29. The first-order chi connectivity index (χ1) is 10.6. The molecule has 2 amide bonds. The Morgan fingerprint density at radius 3 is 2.77 bits per heavy atom. The van der Waals surface area contributed by atoms with Crippen molar-refractivity contribution in [2.45, 2.75) is 12.8 Å². The summed E-state index contributed by atoms with van der Waals surface area (Å²) >= 11 is 3.39. The number of carbonyl (C=O) groups is 2. The van der Waals surface area contributed by atoms with Crippen molar-refractivity contribution in [2.24, 2.45) is 0 Å². The highest BCUT2D eigenvalue weighted by molar-refractivity contribution is 9.10. The van der Waals surface area contributed by atoms with Crippen LogP contribution in [0.4, 0.5) is 0 Å². The number of aromatic nitrogens is 1. The van der Waals surface area contributed by atoms with Crippen molar-refractivity contribution < 1.29 is 9.59 Å². The number of pyridine rings is 1. The van der Waals surface area contributed by atoms with Gasteiger partial charge in [0.15, 0.2) is 0 Å². The minimum atomic E-state index is -0.248. The molecule has 22 heavy (non-hydrogen) atoms. The molecule has 0 saturated carbocycles. The van der Waals surface area contributed by atoms with E-state index in [4.69, 9.17) is 0 Å². The van der Waals surface area contributed by atoms with E-state index in [0.717, 1.165) is 41.3 Å². The summed E-state index contributed by atoms with van der Waals surface area (Å²) in [5.74, 6) is -0.269. The van der Waals surface area contributed by atoms with Gasteiger partial charge >= 0.3 is 0 Å².